The SMILES string of the molecule is O=C(N/N=C\c1cccc2ccccc12)N/N=C\c1cccc2ccccc12. The summed E-state index contributed by atoms with van der Waals surface area (Å²) in [5, 5.41) is 12.4. The van der Waals surface area contributed by atoms with Crippen LogP contribution in [0.3, 0.4) is 0 Å². The highest BCUT2D eigenvalue weighted by Gasteiger charge is 1.99. The zero-order chi connectivity index (χ0) is 19.2. The van der Waals surface area contributed by atoms with Crippen LogP contribution in [0.25, 0.3) is 21.5 Å². The topological polar surface area (TPSA) is 65.8 Å². The van der Waals surface area contributed by atoms with Crippen molar-refractivity contribution in [2.45, 2.75) is 0 Å². The molecule has 0 aliphatic heterocycles. The van der Waals surface area contributed by atoms with Gasteiger partial charge >= 0.3 is 6.03 Å². The molecular formula is C23H18N4O. The van der Waals surface area contributed by atoms with Crippen molar-refractivity contribution in [1.29, 1.82) is 0 Å². The molecule has 136 valence electrons. The maximum absolute atomic E-state index is 11.9. The summed E-state index contributed by atoms with van der Waals surface area (Å²) in [6.07, 6.45) is 3.24. The third kappa shape index (κ3) is 3.88. The minimum atomic E-state index is -0.507. The van der Waals surface area contributed by atoms with E-state index in [1.807, 2.05) is 84.9 Å². The molecule has 0 atom stereocenters. The van der Waals surface area contributed by atoms with Crippen LogP contribution >= 0.6 is 0 Å². The Kier molecular flexibility index (Phi) is 5.06. The van der Waals surface area contributed by atoms with Crippen LogP contribution in [-0.4, -0.2) is 18.5 Å². The van der Waals surface area contributed by atoms with Gasteiger partial charge in [-0.05, 0) is 21.5 Å². The van der Waals surface area contributed by atoms with E-state index < -0.39 is 6.03 Å². The number of carbonyl (C=O) groups excluding carboxylic acids is 1. The van der Waals surface area contributed by atoms with E-state index in [4.69, 9.17) is 0 Å². The molecule has 2 amide bonds. The van der Waals surface area contributed by atoms with Gasteiger partial charge in [0.15, 0.2) is 0 Å². The van der Waals surface area contributed by atoms with E-state index in [9.17, 15) is 4.79 Å². The number of hydrogen-bond donors (Lipinski definition) is 2. The average Bonchev–Trinajstić information content (AvgIpc) is 2.74. The van der Waals surface area contributed by atoms with Gasteiger partial charge in [-0.1, -0.05) is 84.9 Å². The quantitative estimate of drug-likeness (QED) is 0.400. The molecule has 0 aliphatic carbocycles. The predicted octanol–water partition coefficient (Wildman–Crippen LogP) is 4.66. The first-order valence-corrected chi connectivity index (χ1v) is 8.89. The molecule has 0 fully saturated rings. The number of amides is 2. The first kappa shape index (κ1) is 17.4. The number of rotatable bonds is 4. The van der Waals surface area contributed by atoms with E-state index in [0.717, 1.165) is 32.7 Å². The lowest BCUT2D eigenvalue weighted by Gasteiger charge is -2.02. The molecule has 0 bridgehead atoms. The lowest BCUT2D eigenvalue weighted by atomic mass is 10.1. The van der Waals surface area contributed by atoms with Crippen molar-refractivity contribution in [3.8, 4) is 0 Å². The third-order valence-corrected chi connectivity index (χ3v) is 4.39. The zero-order valence-corrected chi connectivity index (χ0v) is 15.0. The normalized spacial score (nSPS) is 11.4. The second kappa shape index (κ2) is 8.14. The Hall–Kier alpha value is -3.99. The maximum atomic E-state index is 11.9. The molecule has 0 aliphatic rings. The fourth-order valence-electron chi connectivity index (χ4n) is 3.07. The van der Waals surface area contributed by atoms with Crippen molar-refractivity contribution >= 4 is 40.0 Å². The van der Waals surface area contributed by atoms with Crippen LogP contribution in [0.1, 0.15) is 11.1 Å². The molecule has 0 aromatic heterocycles. The molecule has 4 rings (SSSR count). The van der Waals surface area contributed by atoms with Crippen molar-refractivity contribution in [1.82, 2.24) is 10.9 Å². The van der Waals surface area contributed by atoms with Crippen LogP contribution in [0.2, 0.25) is 0 Å². The molecule has 28 heavy (non-hydrogen) atoms. The average molecular weight is 366 g/mol. The number of nitrogens with one attached hydrogen (secondary N) is 2. The largest absolute Gasteiger partial charge is 0.355 e. The van der Waals surface area contributed by atoms with Crippen LogP contribution < -0.4 is 10.9 Å². The Morgan fingerprint density at radius 1 is 0.607 bits per heavy atom. The van der Waals surface area contributed by atoms with Crippen molar-refractivity contribution in [3.63, 3.8) is 0 Å². The number of carbonyl (C=O) groups is 1. The Labute approximate surface area is 162 Å². The van der Waals surface area contributed by atoms with E-state index >= 15 is 0 Å². The fourth-order valence-corrected chi connectivity index (χ4v) is 3.07. The van der Waals surface area contributed by atoms with Gasteiger partial charge in [-0.2, -0.15) is 10.2 Å². The second-order valence-corrected chi connectivity index (χ2v) is 6.21. The van der Waals surface area contributed by atoms with E-state index in [2.05, 4.69) is 21.1 Å². The first-order valence-electron chi connectivity index (χ1n) is 8.89. The Bertz CT molecular complexity index is 1090. The number of benzene rings is 4. The number of urea groups is 1. The van der Waals surface area contributed by atoms with Gasteiger partial charge in [0, 0.05) is 11.1 Å². The molecule has 0 spiro atoms. The van der Waals surface area contributed by atoms with Crippen LogP contribution in [0.4, 0.5) is 4.79 Å². The first-order chi connectivity index (χ1) is 13.8. The monoisotopic (exact) mass is 366 g/mol. The van der Waals surface area contributed by atoms with Crippen molar-refractivity contribution in [3.05, 3.63) is 96.1 Å². The summed E-state index contributed by atoms with van der Waals surface area (Å²) in [7, 11) is 0. The second-order valence-electron chi connectivity index (χ2n) is 6.21. The van der Waals surface area contributed by atoms with E-state index in [0.29, 0.717) is 0 Å². The van der Waals surface area contributed by atoms with Crippen LogP contribution in [0.15, 0.2) is 95.1 Å². The zero-order valence-electron chi connectivity index (χ0n) is 15.0. The van der Waals surface area contributed by atoms with E-state index in [1.165, 1.54) is 0 Å². The van der Waals surface area contributed by atoms with Crippen molar-refractivity contribution in [2.75, 3.05) is 0 Å². The number of nitrogens with zero attached hydrogens (tertiary/aromatic N) is 2. The van der Waals surface area contributed by atoms with Crippen molar-refractivity contribution < 1.29 is 4.79 Å². The molecule has 0 unspecified atom stereocenters. The van der Waals surface area contributed by atoms with Crippen LogP contribution in [0.5, 0.6) is 0 Å². The van der Waals surface area contributed by atoms with Gasteiger partial charge in [0.1, 0.15) is 0 Å². The molecule has 0 heterocycles. The molecular weight excluding hydrogens is 348 g/mol. The summed E-state index contributed by atoms with van der Waals surface area (Å²) >= 11 is 0. The van der Waals surface area contributed by atoms with E-state index in [1.54, 1.807) is 12.4 Å². The van der Waals surface area contributed by atoms with Gasteiger partial charge < -0.3 is 0 Å². The summed E-state index contributed by atoms with van der Waals surface area (Å²) in [5.74, 6) is 0. The Balaban J connectivity index is 1.39. The smallest absolute Gasteiger partial charge is 0.245 e. The van der Waals surface area contributed by atoms with Crippen LogP contribution in [-0.2, 0) is 0 Å². The number of fused-ring (bicyclic) bond motifs is 2. The van der Waals surface area contributed by atoms with E-state index in [-0.39, 0.29) is 0 Å². The standard InChI is InChI=1S/C23H18N4O/c28-23(26-24-15-19-11-5-9-17-7-1-3-13-21(17)19)27-25-16-20-12-6-10-18-8-2-4-14-22(18)20/h1-16H,(H2,26,27,28)/b24-15-,25-16-. The number of hydrogen-bond acceptors (Lipinski definition) is 3. The lowest BCUT2D eigenvalue weighted by molar-refractivity contribution is 0.242. The summed E-state index contributed by atoms with van der Waals surface area (Å²) in [5.41, 5.74) is 6.71. The molecule has 2 N–H and O–H groups in total. The maximum Gasteiger partial charge on any atom is 0.355 e. The summed E-state index contributed by atoms with van der Waals surface area (Å²) in [4.78, 5) is 11.9. The fraction of sp³-hybridized carbons (Fsp3) is 0. The minimum absolute atomic E-state index is 0.507. The summed E-state index contributed by atoms with van der Waals surface area (Å²) in [6, 6.07) is 27.4. The lowest BCUT2D eigenvalue weighted by Crippen LogP contribution is -2.28. The summed E-state index contributed by atoms with van der Waals surface area (Å²) < 4.78 is 0. The van der Waals surface area contributed by atoms with Gasteiger partial charge in [-0.15, -0.1) is 0 Å². The minimum Gasteiger partial charge on any atom is -0.245 e. The van der Waals surface area contributed by atoms with Crippen molar-refractivity contribution in [2.24, 2.45) is 10.2 Å². The third-order valence-electron chi connectivity index (χ3n) is 4.39. The molecule has 0 saturated carbocycles. The molecule has 5 nitrogen and oxygen atoms in total. The van der Waals surface area contributed by atoms with Gasteiger partial charge in [0.05, 0.1) is 12.4 Å². The van der Waals surface area contributed by atoms with Crippen LogP contribution in [0, 0.1) is 0 Å². The highest BCUT2D eigenvalue weighted by atomic mass is 16.2. The molecule has 5 heteroatoms. The molecule has 0 saturated heterocycles. The van der Waals surface area contributed by atoms with Gasteiger partial charge in [-0.25, -0.2) is 15.6 Å². The van der Waals surface area contributed by atoms with Gasteiger partial charge in [0.2, 0.25) is 0 Å². The summed E-state index contributed by atoms with van der Waals surface area (Å²) in [6.45, 7) is 0. The Morgan fingerprint density at radius 2 is 1.04 bits per heavy atom. The molecule has 0 radical (unpaired) electrons. The van der Waals surface area contributed by atoms with Gasteiger partial charge in [-0.3, -0.25) is 0 Å². The predicted molar refractivity (Wildman–Crippen MR) is 115 cm³/mol. The number of hydrazone groups is 2. The van der Waals surface area contributed by atoms with Gasteiger partial charge in [0.25, 0.3) is 0 Å². The highest BCUT2D eigenvalue weighted by molar-refractivity contribution is 6.01. The molecule has 4 aromatic rings. The highest BCUT2D eigenvalue weighted by Crippen LogP contribution is 2.17. The molecule has 4 aromatic carbocycles. The Morgan fingerprint density at radius 3 is 1.54 bits per heavy atom.